The fourth-order valence-electron chi connectivity index (χ4n) is 2.74. The van der Waals surface area contributed by atoms with Crippen LogP contribution in [0.5, 0.6) is 0 Å². The minimum Gasteiger partial charge on any atom is -0.343 e. The Bertz CT molecular complexity index is 865. The molecule has 3 aromatic rings. The van der Waals surface area contributed by atoms with E-state index in [1.807, 2.05) is 42.5 Å². The smallest absolute Gasteiger partial charge is 0.251 e. The maximum atomic E-state index is 12.7. The maximum absolute atomic E-state index is 12.7. The van der Waals surface area contributed by atoms with Crippen LogP contribution in [0.4, 0.5) is 0 Å². The summed E-state index contributed by atoms with van der Waals surface area (Å²) in [7, 11) is 0. The van der Waals surface area contributed by atoms with Gasteiger partial charge in [-0.25, -0.2) is 0 Å². The molecule has 5 heteroatoms. The van der Waals surface area contributed by atoms with Gasteiger partial charge in [0.2, 0.25) is 0 Å². The van der Waals surface area contributed by atoms with Crippen LogP contribution in [0.1, 0.15) is 33.6 Å². The molecule has 0 aliphatic rings. The Balaban J connectivity index is 1.92. The van der Waals surface area contributed by atoms with Gasteiger partial charge in [0.1, 0.15) is 0 Å². The third-order valence-electron chi connectivity index (χ3n) is 4.17. The molecule has 3 aromatic carbocycles. The molecule has 0 unspecified atom stereocenters. The summed E-state index contributed by atoms with van der Waals surface area (Å²) in [5.41, 5.74) is 8.83. The number of carbonyl (C=O) groups excluding carboxylic acids is 1. The molecule has 0 radical (unpaired) electrons. The molecule has 0 aromatic heterocycles. The van der Waals surface area contributed by atoms with Gasteiger partial charge in [0.05, 0.1) is 12.1 Å². The third kappa shape index (κ3) is 4.44. The first-order chi connectivity index (χ1) is 12.5. The monoisotopic (exact) mass is 384 g/mol. The Labute approximate surface area is 162 Å². The lowest BCUT2D eigenvalue weighted by atomic mass is 9.93. The molecule has 0 aliphatic heterocycles. The lowest BCUT2D eigenvalue weighted by Gasteiger charge is -2.26. The highest BCUT2D eigenvalue weighted by molar-refractivity contribution is 6.30. The Morgan fingerprint density at radius 3 is 1.81 bits per heavy atom. The van der Waals surface area contributed by atoms with Gasteiger partial charge in [-0.05, 0) is 47.5 Å². The molecule has 1 amide bonds. The van der Waals surface area contributed by atoms with Crippen LogP contribution in [-0.2, 0) is 0 Å². The zero-order valence-corrected chi connectivity index (χ0v) is 15.4. The zero-order chi connectivity index (χ0) is 18.5. The normalized spacial score (nSPS) is 13.0. The first-order valence-corrected chi connectivity index (χ1v) is 8.92. The van der Waals surface area contributed by atoms with Crippen molar-refractivity contribution in [3.05, 3.63) is 106 Å². The van der Waals surface area contributed by atoms with Gasteiger partial charge in [0.15, 0.2) is 0 Å². The van der Waals surface area contributed by atoms with E-state index < -0.39 is 12.1 Å². The van der Waals surface area contributed by atoms with E-state index in [0.717, 1.165) is 11.1 Å². The molecule has 0 spiro atoms. The van der Waals surface area contributed by atoms with Crippen LogP contribution in [-0.4, -0.2) is 5.91 Å². The summed E-state index contributed by atoms with van der Waals surface area (Å²) in [4.78, 5) is 12.7. The van der Waals surface area contributed by atoms with Gasteiger partial charge in [0.25, 0.3) is 5.91 Å². The maximum Gasteiger partial charge on any atom is 0.251 e. The number of nitrogens with two attached hydrogens (primary N) is 1. The molecule has 3 nitrogen and oxygen atoms in total. The lowest BCUT2D eigenvalue weighted by molar-refractivity contribution is 0.0930. The first-order valence-electron chi connectivity index (χ1n) is 8.17. The van der Waals surface area contributed by atoms with Gasteiger partial charge in [0, 0.05) is 15.6 Å². The van der Waals surface area contributed by atoms with Crippen LogP contribution in [0.25, 0.3) is 0 Å². The Hall–Kier alpha value is -2.33. The average molecular weight is 385 g/mol. The van der Waals surface area contributed by atoms with Gasteiger partial charge in [-0.2, -0.15) is 0 Å². The number of amides is 1. The zero-order valence-electron chi connectivity index (χ0n) is 13.9. The second-order valence-corrected chi connectivity index (χ2v) is 6.82. The molecular formula is C21H18Cl2N2O. The summed E-state index contributed by atoms with van der Waals surface area (Å²) in [5.74, 6) is -0.185. The van der Waals surface area contributed by atoms with Crippen molar-refractivity contribution in [1.29, 1.82) is 0 Å². The van der Waals surface area contributed by atoms with Crippen LogP contribution in [0, 0.1) is 0 Å². The molecule has 0 bridgehead atoms. The van der Waals surface area contributed by atoms with Crippen molar-refractivity contribution < 1.29 is 4.79 Å². The van der Waals surface area contributed by atoms with Crippen LogP contribution in [0.3, 0.4) is 0 Å². The van der Waals surface area contributed by atoms with E-state index in [4.69, 9.17) is 28.9 Å². The number of halogens is 2. The average Bonchev–Trinajstić information content (AvgIpc) is 2.67. The number of nitrogens with one attached hydrogen (secondary N) is 1. The number of rotatable bonds is 5. The quantitative estimate of drug-likeness (QED) is 0.637. The van der Waals surface area contributed by atoms with Crippen LogP contribution in [0.2, 0.25) is 10.0 Å². The van der Waals surface area contributed by atoms with Crippen molar-refractivity contribution in [2.75, 3.05) is 0 Å². The Kier molecular flexibility index (Phi) is 5.94. The summed E-state index contributed by atoms with van der Waals surface area (Å²) >= 11 is 12.0. The summed E-state index contributed by atoms with van der Waals surface area (Å²) in [5, 5.41) is 4.31. The highest BCUT2D eigenvalue weighted by atomic mass is 35.5. The molecule has 132 valence electrons. The van der Waals surface area contributed by atoms with Crippen molar-refractivity contribution in [2.45, 2.75) is 12.1 Å². The van der Waals surface area contributed by atoms with Crippen molar-refractivity contribution in [3.63, 3.8) is 0 Å². The van der Waals surface area contributed by atoms with E-state index in [1.54, 1.807) is 36.4 Å². The molecule has 0 saturated heterocycles. The van der Waals surface area contributed by atoms with E-state index in [2.05, 4.69) is 5.32 Å². The van der Waals surface area contributed by atoms with E-state index in [1.165, 1.54) is 0 Å². The highest BCUT2D eigenvalue weighted by Crippen LogP contribution is 2.29. The number of hydrogen-bond donors (Lipinski definition) is 2. The Morgan fingerprint density at radius 2 is 1.27 bits per heavy atom. The van der Waals surface area contributed by atoms with E-state index >= 15 is 0 Å². The lowest BCUT2D eigenvalue weighted by Crippen LogP contribution is -2.36. The predicted octanol–water partition coefficient (Wildman–Crippen LogP) is 5.16. The molecule has 0 fully saturated rings. The SMILES string of the molecule is N[C@H](c1ccc(Cl)cc1)[C@@H](NC(=O)c1ccccc1)c1ccc(Cl)cc1. The summed E-state index contributed by atoms with van der Waals surface area (Å²) in [6.07, 6.45) is 0. The van der Waals surface area contributed by atoms with Crippen molar-refractivity contribution in [1.82, 2.24) is 5.32 Å². The van der Waals surface area contributed by atoms with E-state index in [-0.39, 0.29) is 5.91 Å². The Morgan fingerprint density at radius 1 is 0.769 bits per heavy atom. The molecule has 0 saturated carbocycles. The predicted molar refractivity (Wildman–Crippen MR) is 106 cm³/mol. The molecule has 2 atom stereocenters. The van der Waals surface area contributed by atoms with Gasteiger partial charge in [-0.1, -0.05) is 65.7 Å². The van der Waals surface area contributed by atoms with Gasteiger partial charge >= 0.3 is 0 Å². The van der Waals surface area contributed by atoms with Crippen LogP contribution < -0.4 is 11.1 Å². The molecule has 0 heterocycles. The van der Waals surface area contributed by atoms with Crippen molar-refractivity contribution in [3.8, 4) is 0 Å². The number of hydrogen-bond acceptors (Lipinski definition) is 2. The minimum atomic E-state index is -0.443. The molecular weight excluding hydrogens is 367 g/mol. The molecule has 26 heavy (non-hydrogen) atoms. The van der Waals surface area contributed by atoms with Crippen molar-refractivity contribution in [2.24, 2.45) is 5.73 Å². The molecule has 3 N–H and O–H groups in total. The second kappa shape index (κ2) is 8.37. The van der Waals surface area contributed by atoms with Crippen LogP contribution >= 0.6 is 23.2 Å². The van der Waals surface area contributed by atoms with Gasteiger partial charge in [-0.3, -0.25) is 4.79 Å². The third-order valence-corrected chi connectivity index (χ3v) is 4.67. The largest absolute Gasteiger partial charge is 0.343 e. The van der Waals surface area contributed by atoms with Crippen molar-refractivity contribution >= 4 is 29.1 Å². The van der Waals surface area contributed by atoms with Gasteiger partial charge in [-0.15, -0.1) is 0 Å². The fraction of sp³-hybridized carbons (Fsp3) is 0.0952. The fourth-order valence-corrected chi connectivity index (χ4v) is 2.99. The topological polar surface area (TPSA) is 55.1 Å². The molecule has 0 aliphatic carbocycles. The number of carbonyl (C=O) groups is 1. The summed E-state index contributed by atoms with van der Waals surface area (Å²) in [6, 6.07) is 22.8. The standard InChI is InChI=1S/C21H18Cl2N2O/c22-17-10-6-14(7-11-17)19(24)20(15-8-12-18(23)13-9-15)25-21(26)16-4-2-1-3-5-16/h1-13,19-20H,24H2,(H,25,26)/t19-,20+/m1/s1. The minimum absolute atomic E-state index is 0.185. The number of benzene rings is 3. The van der Waals surface area contributed by atoms with E-state index in [9.17, 15) is 4.79 Å². The summed E-state index contributed by atoms with van der Waals surface area (Å²) < 4.78 is 0. The van der Waals surface area contributed by atoms with E-state index in [0.29, 0.717) is 15.6 Å². The summed E-state index contributed by atoms with van der Waals surface area (Å²) in [6.45, 7) is 0. The van der Waals surface area contributed by atoms with Gasteiger partial charge < -0.3 is 11.1 Å². The molecule has 3 rings (SSSR count). The van der Waals surface area contributed by atoms with Crippen LogP contribution in [0.15, 0.2) is 78.9 Å². The highest BCUT2D eigenvalue weighted by Gasteiger charge is 2.24. The second-order valence-electron chi connectivity index (χ2n) is 5.95. The first kappa shape index (κ1) is 18.5.